The van der Waals surface area contributed by atoms with Gasteiger partial charge in [0.2, 0.25) is 11.7 Å². The van der Waals surface area contributed by atoms with Crippen molar-refractivity contribution in [2.75, 3.05) is 0 Å². The summed E-state index contributed by atoms with van der Waals surface area (Å²) in [5.41, 5.74) is 8.38. The predicted octanol–water partition coefficient (Wildman–Crippen LogP) is 3.11. The summed E-state index contributed by atoms with van der Waals surface area (Å²) < 4.78 is 5.39. The maximum Gasteiger partial charge on any atom is 0.227 e. The smallest absolute Gasteiger partial charge is 0.227 e. The lowest BCUT2D eigenvalue weighted by Crippen LogP contribution is -2.34. The van der Waals surface area contributed by atoms with Crippen molar-refractivity contribution >= 4 is 0 Å². The van der Waals surface area contributed by atoms with Crippen LogP contribution in [0.3, 0.4) is 0 Å². The van der Waals surface area contributed by atoms with Crippen molar-refractivity contribution in [3.8, 4) is 11.4 Å². The van der Waals surface area contributed by atoms with E-state index in [2.05, 4.69) is 29.2 Å². The number of nitrogens with two attached hydrogens (primary N) is 1. The average molecular weight is 271 g/mol. The second-order valence-corrected chi connectivity index (χ2v) is 5.79. The fraction of sp³-hybridized carbons (Fsp3) is 0.500. The van der Waals surface area contributed by atoms with E-state index in [4.69, 9.17) is 10.3 Å². The second kappa shape index (κ2) is 5.75. The molecule has 0 amide bonds. The molecule has 0 radical (unpaired) electrons. The van der Waals surface area contributed by atoms with Gasteiger partial charge in [-0.3, -0.25) is 0 Å². The van der Waals surface area contributed by atoms with Crippen LogP contribution in [0.1, 0.15) is 37.1 Å². The van der Waals surface area contributed by atoms with E-state index >= 15 is 0 Å². The lowest BCUT2D eigenvalue weighted by molar-refractivity contribution is 0.273. The molecule has 0 aliphatic heterocycles. The fourth-order valence-corrected chi connectivity index (χ4v) is 2.95. The minimum Gasteiger partial charge on any atom is -0.339 e. The standard InChI is InChI=1S/C16H21N3O/c1-11-5-4-7-13(9-11)16-18-15(20-19-16)10-12-6-2-3-8-14(12)17/h4-5,7,9,12,14H,2-3,6,8,10,17H2,1H3. The van der Waals surface area contributed by atoms with E-state index in [9.17, 15) is 0 Å². The van der Waals surface area contributed by atoms with Crippen LogP contribution >= 0.6 is 0 Å². The van der Waals surface area contributed by atoms with E-state index in [0.717, 1.165) is 18.4 Å². The van der Waals surface area contributed by atoms with Gasteiger partial charge in [-0.05, 0) is 31.7 Å². The normalized spacial score (nSPS) is 22.9. The van der Waals surface area contributed by atoms with Gasteiger partial charge in [0, 0.05) is 18.0 Å². The SMILES string of the molecule is Cc1cccc(-c2noc(CC3CCCCC3N)n2)c1. The lowest BCUT2D eigenvalue weighted by Gasteiger charge is -2.27. The molecule has 1 aliphatic carbocycles. The summed E-state index contributed by atoms with van der Waals surface area (Å²) in [6, 6.07) is 8.43. The third-order valence-corrected chi connectivity index (χ3v) is 4.15. The highest BCUT2D eigenvalue weighted by molar-refractivity contribution is 5.55. The molecular weight excluding hydrogens is 250 g/mol. The molecule has 2 N–H and O–H groups in total. The summed E-state index contributed by atoms with van der Waals surface area (Å²) in [4.78, 5) is 4.52. The number of aromatic nitrogens is 2. The molecule has 1 saturated carbocycles. The van der Waals surface area contributed by atoms with Gasteiger partial charge in [0.25, 0.3) is 0 Å². The number of aryl methyl sites for hydroxylation is 1. The molecule has 20 heavy (non-hydrogen) atoms. The van der Waals surface area contributed by atoms with E-state index in [1.165, 1.54) is 24.8 Å². The van der Waals surface area contributed by atoms with Crippen LogP contribution < -0.4 is 5.73 Å². The van der Waals surface area contributed by atoms with Crippen LogP contribution in [0, 0.1) is 12.8 Å². The van der Waals surface area contributed by atoms with Crippen molar-refractivity contribution in [2.24, 2.45) is 11.7 Å². The van der Waals surface area contributed by atoms with Crippen LogP contribution in [-0.2, 0) is 6.42 Å². The van der Waals surface area contributed by atoms with Crippen molar-refractivity contribution in [1.82, 2.24) is 10.1 Å². The second-order valence-electron chi connectivity index (χ2n) is 5.79. The van der Waals surface area contributed by atoms with Crippen LogP contribution in [0.5, 0.6) is 0 Å². The molecule has 106 valence electrons. The maximum atomic E-state index is 6.17. The Kier molecular flexibility index (Phi) is 3.83. The zero-order valence-electron chi connectivity index (χ0n) is 11.9. The minimum absolute atomic E-state index is 0.276. The monoisotopic (exact) mass is 271 g/mol. The maximum absolute atomic E-state index is 6.17. The van der Waals surface area contributed by atoms with Gasteiger partial charge in [0.1, 0.15) is 0 Å². The molecule has 2 atom stereocenters. The molecule has 1 fully saturated rings. The van der Waals surface area contributed by atoms with E-state index in [1.807, 2.05) is 12.1 Å². The zero-order chi connectivity index (χ0) is 13.9. The molecule has 2 aromatic rings. The first kappa shape index (κ1) is 13.3. The summed E-state index contributed by atoms with van der Waals surface area (Å²) in [7, 11) is 0. The molecule has 1 aromatic carbocycles. The summed E-state index contributed by atoms with van der Waals surface area (Å²) >= 11 is 0. The molecule has 4 nitrogen and oxygen atoms in total. The van der Waals surface area contributed by atoms with Gasteiger partial charge in [0.15, 0.2) is 0 Å². The Balaban J connectivity index is 1.73. The van der Waals surface area contributed by atoms with E-state index < -0.39 is 0 Å². The van der Waals surface area contributed by atoms with Crippen molar-refractivity contribution < 1.29 is 4.52 Å². The zero-order valence-corrected chi connectivity index (χ0v) is 11.9. The molecule has 3 rings (SSSR count). The quantitative estimate of drug-likeness (QED) is 0.931. The van der Waals surface area contributed by atoms with Crippen molar-refractivity contribution in [1.29, 1.82) is 0 Å². The number of nitrogens with zero attached hydrogens (tertiary/aromatic N) is 2. The Morgan fingerprint density at radius 3 is 2.95 bits per heavy atom. The number of rotatable bonds is 3. The third kappa shape index (κ3) is 2.90. The molecular formula is C16H21N3O. The fourth-order valence-electron chi connectivity index (χ4n) is 2.95. The molecule has 1 heterocycles. The minimum atomic E-state index is 0.276. The first-order chi connectivity index (χ1) is 9.72. The Bertz CT molecular complexity index is 579. The van der Waals surface area contributed by atoms with Gasteiger partial charge in [-0.15, -0.1) is 0 Å². The first-order valence-electron chi connectivity index (χ1n) is 7.37. The Hall–Kier alpha value is -1.68. The number of hydrogen-bond acceptors (Lipinski definition) is 4. The summed E-state index contributed by atoms with van der Waals surface area (Å²) in [6.45, 7) is 2.06. The summed E-state index contributed by atoms with van der Waals surface area (Å²) in [5, 5.41) is 4.09. The van der Waals surface area contributed by atoms with E-state index in [0.29, 0.717) is 17.6 Å². The summed E-state index contributed by atoms with van der Waals surface area (Å²) in [5.74, 6) is 1.87. The molecule has 1 aromatic heterocycles. The van der Waals surface area contributed by atoms with Gasteiger partial charge in [-0.1, -0.05) is 41.8 Å². The van der Waals surface area contributed by atoms with Gasteiger partial charge >= 0.3 is 0 Å². The molecule has 1 aliphatic rings. The molecule has 2 unspecified atom stereocenters. The average Bonchev–Trinajstić information content (AvgIpc) is 2.90. The third-order valence-electron chi connectivity index (χ3n) is 4.15. The highest BCUT2D eigenvalue weighted by Gasteiger charge is 2.24. The van der Waals surface area contributed by atoms with E-state index in [1.54, 1.807) is 0 Å². The van der Waals surface area contributed by atoms with Gasteiger partial charge in [0.05, 0.1) is 0 Å². The highest BCUT2D eigenvalue weighted by atomic mass is 16.5. The number of hydrogen-bond donors (Lipinski definition) is 1. The van der Waals surface area contributed by atoms with Crippen molar-refractivity contribution in [3.63, 3.8) is 0 Å². The van der Waals surface area contributed by atoms with Gasteiger partial charge in [-0.25, -0.2) is 0 Å². The predicted molar refractivity (Wildman–Crippen MR) is 78.1 cm³/mol. The Labute approximate surface area is 119 Å². The molecule has 0 saturated heterocycles. The Morgan fingerprint density at radius 1 is 1.30 bits per heavy atom. The van der Waals surface area contributed by atoms with Crippen LogP contribution in [0.15, 0.2) is 28.8 Å². The topological polar surface area (TPSA) is 64.9 Å². The molecule has 0 spiro atoms. The van der Waals surface area contributed by atoms with Crippen LogP contribution in [0.2, 0.25) is 0 Å². The van der Waals surface area contributed by atoms with Crippen LogP contribution in [-0.4, -0.2) is 16.2 Å². The van der Waals surface area contributed by atoms with Gasteiger partial charge < -0.3 is 10.3 Å². The number of benzene rings is 1. The Morgan fingerprint density at radius 2 is 2.15 bits per heavy atom. The van der Waals surface area contributed by atoms with E-state index in [-0.39, 0.29) is 6.04 Å². The highest BCUT2D eigenvalue weighted by Crippen LogP contribution is 2.26. The summed E-state index contributed by atoms with van der Waals surface area (Å²) in [6.07, 6.45) is 5.60. The lowest BCUT2D eigenvalue weighted by atomic mass is 9.83. The van der Waals surface area contributed by atoms with Gasteiger partial charge in [-0.2, -0.15) is 4.98 Å². The molecule has 4 heteroatoms. The van der Waals surface area contributed by atoms with Crippen molar-refractivity contribution in [2.45, 2.75) is 45.1 Å². The first-order valence-corrected chi connectivity index (χ1v) is 7.37. The molecule has 0 bridgehead atoms. The van der Waals surface area contributed by atoms with Crippen LogP contribution in [0.25, 0.3) is 11.4 Å². The largest absolute Gasteiger partial charge is 0.339 e. The van der Waals surface area contributed by atoms with Crippen LogP contribution in [0.4, 0.5) is 0 Å². The van der Waals surface area contributed by atoms with Crippen molar-refractivity contribution in [3.05, 3.63) is 35.7 Å².